The summed E-state index contributed by atoms with van der Waals surface area (Å²) in [5.74, 6) is -0.201. The van der Waals surface area contributed by atoms with Gasteiger partial charge in [-0.15, -0.1) is 11.8 Å². The molecule has 2 aromatic rings. The number of benzene rings is 2. The van der Waals surface area contributed by atoms with Gasteiger partial charge in [0.2, 0.25) is 11.8 Å². The van der Waals surface area contributed by atoms with E-state index in [1.807, 2.05) is 39.0 Å². The summed E-state index contributed by atoms with van der Waals surface area (Å²) in [6, 6.07) is 13.0. The number of thioether (sulfide) groups is 1. The zero-order valence-corrected chi connectivity index (χ0v) is 16.6. The molecular formula is C21H24N2O3S. The highest BCUT2D eigenvalue weighted by Gasteiger charge is 2.11. The maximum absolute atomic E-state index is 12.1. The standard InChI is InChI=1S/C21H24N2O3S/c1-14-9-15(2)21(16(3)10-14)23-19(25)11-22-20(26)13-27-12-18(24)17-7-5-4-6-8-17/h4-10H,11-13H2,1-3H3,(H,22,26)(H,23,25). The topological polar surface area (TPSA) is 75.3 Å². The van der Waals surface area contributed by atoms with Gasteiger partial charge in [0.15, 0.2) is 5.78 Å². The molecule has 0 unspecified atom stereocenters. The Balaban J connectivity index is 1.72. The number of anilines is 1. The van der Waals surface area contributed by atoms with Gasteiger partial charge in [0, 0.05) is 11.3 Å². The van der Waals surface area contributed by atoms with Gasteiger partial charge >= 0.3 is 0 Å². The van der Waals surface area contributed by atoms with Crippen molar-refractivity contribution in [2.24, 2.45) is 0 Å². The molecule has 0 atom stereocenters. The second-order valence-corrected chi connectivity index (χ2v) is 7.37. The van der Waals surface area contributed by atoms with Crippen molar-refractivity contribution in [2.45, 2.75) is 20.8 Å². The van der Waals surface area contributed by atoms with Crippen molar-refractivity contribution < 1.29 is 14.4 Å². The fourth-order valence-corrected chi connectivity index (χ4v) is 3.48. The zero-order chi connectivity index (χ0) is 19.8. The first-order valence-corrected chi connectivity index (χ1v) is 9.82. The molecule has 0 aromatic heterocycles. The molecule has 0 aliphatic carbocycles. The summed E-state index contributed by atoms with van der Waals surface area (Å²) < 4.78 is 0. The maximum Gasteiger partial charge on any atom is 0.243 e. The molecule has 2 aromatic carbocycles. The summed E-state index contributed by atoms with van der Waals surface area (Å²) in [6.45, 7) is 5.79. The Kier molecular flexibility index (Phi) is 7.61. The van der Waals surface area contributed by atoms with Gasteiger partial charge in [-0.1, -0.05) is 48.0 Å². The summed E-state index contributed by atoms with van der Waals surface area (Å²) in [5.41, 5.74) is 4.53. The molecule has 0 aliphatic heterocycles. The van der Waals surface area contributed by atoms with E-state index < -0.39 is 0 Å². The number of carbonyl (C=O) groups excluding carboxylic acids is 3. The summed E-state index contributed by atoms with van der Waals surface area (Å²) in [4.78, 5) is 35.9. The Morgan fingerprint density at radius 2 is 1.52 bits per heavy atom. The van der Waals surface area contributed by atoms with Crippen molar-refractivity contribution in [1.82, 2.24) is 5.32 Å². The third-order valence-electron chi connectivity index (χ3n) is 3.95. The average molecular weight is 385 g/mol. The van der Waals surface area contributed by atoms with E-state index in [0.717, 1.165) is 22.4 Å². The normalized spacial score (nSPS) is 10.3. The van der Waals surface area contributed by atoms with Crippen LogP contribution in [0.5, 0.6) is 0 Å². The Labute approximate surface area is 163 Å². The van der Waals surface area contributed by atoms with Gasteiger partial charge in [0.1, 0.15) is 0 Å². The van der Waals surface area contributed by atoms with Crippen molar-refractivity contribution in [1.29, 1.82) is 0 Å². The lowest BCUT2D eigenvalue weighted by Crippen LogP contribution is -2.34. The van der Waals surface area contributed by atoms with Crippen LogP contribution in [0.1, 0.15) is 27.0 Å². The van der Waals surface area contributed by atoms with Crippen LogP contribution in [0, 0.1) is 20.8 Å². The van der Waals surface area contributed by atoms with E-state index in [2.05, 4.69) is 10.6 Å². The minimum atomic E-state index is -0.274. The van der Waals surface area contributed by atoms with Crippen LogP contribution in [0.15, 0.2) is 42.5 Å². The third kappa shape index (κ3) is 6.57. The van der Waals surface area contributed by atoms with E-state index in [9.17, 15) is 14.4 Å². The van der Waals surface area contributed by atoms with Gasteiger partial charge in [-0.2, -0.15) is 0 Å². The minimum Gasteiger partial charge on any atom is -0.346 e. The maximum atomic E-state index is 12.1. The number of Topliss-reactive ketones (excluding diaryl/α,β-unsaturated/α-hetero) is 1. The van der Waals surface area contributed by atoms with Gasteiger partial charge in [-0.25, -0.2) is 0 Å². The van der Waals surface area contributed by atoms with Crippen molar-refractivity contribution in [3.05, 3.63) is 64.7 Å². The first-order valence-electron chi connectivity index (χ1n) is 8.67. The molecule has 27 heavy (non-hydrogen) atoms. The van der Waals surface area contributed by atoms with E-state index in [4.69, 9.17) is 0 Å². The fourth-order valence-electron chi connectivity index (χ4n) is 2.73. The molecule has 2 N–H and O–H groups in total. The molecule has 2 rings (SSSR count). The Morgan fingerprint density at radius 3 is 2.15 bits per heavy atom. The average Bonchev–Trinajstić information content (AvgIpc) is 2.63. The molecule has 0 heterocycles. The van der Waals surface area contributed by atoms with Crippen LogP contribution in [-0.2, 0) is 9.59 Å². The van der Waals surface area contributed by atoms with Gasteiger partial charge in [0.05, 0.1) is 18.1 Å². The smallest absolute Gasteiger partial charge is 0.243 e. The predicted molar refractivity (Wildman–Crippen MR) is 110 cm³/mol. The van der Waals surface area contributed by atoms with E-state index in [1.165, 1.54) is 11.8 Å². The molecule has 0 bridgehead atoms. The molecule has 5 nitrogen and oxygen atoms in total. The summed E-state index contributed by atoms with van der Waals surface area (Å²) in [5, 5.41) is 5.43. The van der Waals surface area contributed by atoms with Gasteiger partial charge in [-0.05, 0) is 31.9 Å². The number of hydrogen-bond donors (Lipinski definition) is 2. The Morgan fingerprint density at radius 1 is 0.889 bits per heavy atom. The van der Waals surface area contributed by atoms with Crippen molar-refractivity contribution in [3.63, 3.8) is 0 Å². The summed E-state index contributed by atoms with van der Waals surface area (Å²) in [6.07, 6.45) is 0. The lowest BCUT2D eigenvalue weighted by Gasteiger charge is -2.13. The van der Waals surface area contributed by atoms with Crippen molar-refractivity contribution >= 4 is 35.0 Å². The third-order valence-corrected chi connectivity index (χ3v) is 4.88. The number of ketones is 1. The molecule has 0 aliphatic rings. The lowest BCUT2D eigenvalue weighted by molar-refractivity contribution is -0.122. The van der Waals surface area contributed by atoms with Crippen LogP contribution < -0.4 is 10.6 Å². The van der Waals surface area contributed by atoms with E-state index >= 15 is 0 Å². The van der Waals surface area contributed by atoms with E-state index in [-0.39, 0.29) is 35.6 Å². The number of aryl methyl sites for hydroxylation is 3. The fraction of sp³-hybridized carbons (Fsp3) is 0.286. The molecule has 6 heteroatoms. The Bertz CT molecular complexity index is 812. The summed E-state index contributed by atoms with van der Waals surface area (Å²) >= 11 is 1.23. The highest BCUT2D eigenvalue weighted by molar-refractivity contribution is 8.00. The summed E-state index contributed by atoms with van der Waals surface area (Å²) in [7, 11) is 0. The number of amides is 2. The van der Waals surface area contributed by atoms with Crippen LogP contribution in [0.25, 0.3) is 0 Å². The van der Waals surface area contributed by atoms with E-state index in [1.54, 1.807) is 24.3 Å². The second kappa shape index (κ2) is 9.92. The monoisotopic (exact) mass is 384 g/mol. The SMILES string of the molecule is Cc1cc(C)c(NC(=O)CNC(=O)CSCC(=O)c2ccccc2)c(C)c1. The van der Waals surface area contributed by atoms with E-state index in [0.29, 0.717) is 5.56 Å². The second-order valence-electron chi connectivity index (χ2n) is 6.38. The van der Waals surface area contributed by atoms with Crippen molar-refractivity contribution in [3.8, 4) is 0 Å². The molecular weight excluding hydrogens is 360 g/mol. The molecule has 142 valence electrons. The highest BCUT2D eigenvalue weighted by atomic mass is 32.2. The number of nitrogens with one attached hydrogen (secondary N) is 2. The molecule has 2 amide bonds. The molecule has 0 fully saturated rings. The number of hydrogen-bond acceptors (Lipinski definition) is 4. The Hall–Kier alpha value is -2.60. The van der Waals surface area contributed by atoms with Crippen LogP contribution in [0.4, 0.5) is 5.69 Å². The van der Waals surface area contributed by atoms with Gasteiger partial charge in [0.25, 0.3) is 0 Å². The number of carbonyl (C=O) groups is 3. The highest BCUT2D eigenvalue weighted by Crippen LogP contribution is 2.21. The lowest BCUT2D eigenvalue weighted by atomic mass is 10.1. The molecule has 0 spiro atoms. The van der Waals surface area contributed by atoms with Crippen LogP contribution in [0.3, 0.4) is 0 Å². The molecule has 0 saturated carbocycles. The van der Waals surface area contributed by atoms with Crippen molar-refractivity contribution in [2.75, 3.05) is 23.4 Å². The first-order chi connectivity index (χ1) is 12.9. The zero-order valence-electron chi connectivity index (χ0n) is 15.8. The van der Waals surface area contributed by atoms with Crippen LogP contribution >= 0.6 is 11.8 Å². The quantitative estimate of drug-likeness (QED) is 0.685. The van der Waals surface area contributed by atoms with Crippen LogP contribution in [0.2, 0.25) is 0 Å². The predicted octanol–water partition coefficient (Wildman–Crippen LogP) is 3.28. The molecule has 0 saturated heterocycles. The minimum absolute atomic E-state index is 0.0172. The first kappa shape index (κ1) is 20.7. The molecule has 0 radical (unpaired) electrons. The largest absolute Gasteiger partial charge is 0.346 e. The number of rotatable bonds is 8. The van der Waals surface area contributed by atoms with Gasteiger partial charge < -0.3 is 10.6 Å². The van der Waals surface area contributed by atoms with Gasteiger partial charge in [-0.3, -0.25) is 14.4 Å². The van der Waals surface area contributed by atoms with Crippen LogP contribution in [-0.4, -0.2) is 35.6 Å².